The molecular weight excluding hydrogens is 296 g/mol. The van der Waals surface area contributed by atoms with Gasteiger partial charge in [-0.2, -0.15) is 5.10 Å². The predicted molar refractivity (Wildman–Crippen MR) is 99.1 cm³/mol. The van der Waals surface area contributed by atoms with Gasteiger partial charge in [0.05, 0.1) is 6.54 Å². The number of nitrogens with zero attached hydrogens (tertiary/aromatic N) is 4. The van der Waals surface area contributed by atoms with E-state index >= 15 is 0 Å². The molecule has 1 aromatic carbocycles. The van der Waals surface area contributed by atoms with Gasteiger partial charge in [0.2, 0.25) is 0 Å². The smallest absolute Gasteiger partial charge is 0.165 e. The van der Waals surface area contributed by atoms with Crippen molar-refractivity contribution in [2.45, 2.75) is 65.5 Å². The number of aromatic nitrogens is 3. The number of rotatable bonds is 4. The van der Waals surface area contributed by atoms with Crippen LogP contribution in [0.4, 0.5) is 0 Å². The van der Waals surface area contributed by atoms with Crippen LogP contribution in [0.15, 0.2) is 24.3 Å². The zero-order chi connectivity index (χ0) is 17.3. The normalized spacial score (nSPS) is 16.2. The molecule has 2 aromatic rings. The van der Waals surface area contributed by atoms with Gasteiger partial charge in [0.15, 0.2) is 11.6 Å². The van der Waals surface area contributed by atoms with Crippen molar-refractivity contribution in [1.29, 1.82) is 0 Å². The molecule has 1 aliphatic heterocycles. The van der Waals surface area contributed by atoms with E-state index in [1.54, 1.807) is 0 Å². The van der Waals surface area contributed by atoms with Gasteiger partial charge in [0.1, 0.15) is 0 Å². The molecule has 0 spiro atoms. The van der Waals surface area contributed by atoms with E-state index in [2.05, 4.69) is 68.5 Å². The molecule has 0 bridgehead atoms. The molecular formula is C20H30N4. The standard InChI is InChI=1S/C20H30N4/c1-15(2)24-19(16-8-10-17(11-9-16)20(3,4)5)21-18(22-24)14-23-12-6-7-13-23/h8-11,15H,6-7,12-14H2,1-5H3. The number of benzene rings is 1. The third kappa shape index (κ3) is 3.69. The van der Waals surface area contributed by atoms with E-state index < -0.39 is 0 Å². The maximum absolute atomic E-state index is 4.87. The van der Waals surface area contributed by atoms with E-state index in [0.717, 1.165) is 23.8 Å². The third-order valence-electron chi connectivity index (χ3n) is 4.74. The molecule has 0 amide bonds. The van der Waals surface area contributed by atoms with E-state index in [1.807, 2.05) is 0 Å². The van der Waals surface area contributed by atoms with Crippen molar-refractivity contribution in [2.24, 2.45) is 0 Å². The van der Waals surface area contributed by atoms with Crippen LogP contribution in [0.1, 0.15) is 64.9 Å². The molecule has 1 aliphatic rings. The molecule has 1 aromatic heterocycles. The number of hydrogen-bond acceptors (Lipinski definition) is 3. The first-order chi connectivity index (χ1) is 11.3. The lowest BCUT2D eigenvalue weighted by Crippen LogP contribution is -2.19. The highest BCUT2D eigenvalue weighted by atomic mass is 15.4. The van der Waals surface area contributed by atoms with Gasteiger partial charge in [-0.3, -0.25) is 4.90 Å². The minimum absolute atomic E-state index is 0.172. The Balaban J connectivity index is 1.89. The molecule has 2 heterocycles. The molecule has 0 N–H and O–H groups in total. The van der Waals surface area contributed by atoms with Crippen LogP contribution in [0.2, 0.25) is 0 Å². The Labute approximate surface area is 145 Å². The fourth-order valence-electron chi connectivity index (χ4n) is 3.25. The summed E-state index contributed by atoms with van der Waals surface area (Å²) in [5.74, 6) is 1.93. The van der Waals surface area contributed by atoms with Crippen LogP contribution in [-0.4, -0.2) is 32.8 Å². The lowest BCUT2D eigenvalue weighted by Gasteiger charge is -2.19. The summed E-state index contributed by atoms with van der Waals surface area (Å²) in [7, 11) is 0. The van der Waals surface area contributed by atoms with Crippen molar-refractivity contribution >= 4 is 0 Å². The van der Waals surface area contributed by atoms with Crippen LogP contribution in [0.25, 0.3) is 11.4 Å². The molecule has 1 fully saturated rings. The highest BCUT2D eigenvalue weighted by molar-refractivity contribution is 5.56. The lowest BCUT2D eigenvalue weighted by atomic mass is 9.87. The molecule has 1 saturated heterocycles. The fraction of sp³-hybridized carbons (Fsp3) is 0.600. The van der Waals surface area contributed by atoms with E-state index in [9.17, 15) is 0 Å². The van der Waals surface area contributed by atoms with Crippen LogP contribution < -0.4 is 0 Å². The Morgan fingerprint density at radius 1 is 1.04 bits per heavy atom. The molecule has 0 radical (unpaired) electrons. The maximum Gasteiger partial charge on any atom is 0.165 e. The zero-order valence-corrected chi connectivity index (χ0v) is 15.7. The summed E-state index contributed by atoms with van der Waals surface area (Å²) in [6, 6.07) is 9.11. The fourth-order valence-corrected chi connectivity index (χ4v) is 3.25. The summed E-state index contributed by atoms with van der Waals surface area (Å²) in [4.78, 5) is 7.32. The SMILES string of the molecule is CC(C)n1nc(CN2CCCC2)nc1-c1ccc(C(C)(C)C)cc1. The summed E-state index contributed by atoms with van der Waals surface area (Å²) in [5, 5.41) is 4.78. The van der Waals surface area contributed by atoms with Crippen molar-refractivity contribution in [3.63, 3.8) is 0 Å². The van der Waals surface area contributed by atoms with E-state index in [-0.39, 0.29) is 5.41 Å². The first-order valence-electron chi connectivity index (χ1n) is 9.13. The van der Waals surface area contributed by atoms with Crippen LogP contribution in [-0.2, 0) is 12.0 Å². The molecule has 3 rings (SSSR count). The predicted octanol–water partition coefficient (Wildman–Crippen LogP) is 4.42. The average Bonchev–Trinajstić information content (AvgIpc) is 3.16. The lowest BCUT2D eigenvalue weighted by molar-refractivity contribution is 0.321. The second-order valence-electron chi connectivity index (χ2n) is 8.20. The summed E-state index contributed by atoms with van der Waals surface area (Å²) < 4.78 is 2.07. The molecule has 4 nitrogen and oxygen atoms in total. The summed E-state index contributed by atoms with van der Waals surface area (Å²) in [6.07, 6.45) is 2.60. The molecule has 0 aliphatic carbocycles. The van der Waals surface area contributed by atoms with Gasteiger partial charge in [-0.15, -0.1) is 0 Å². The molecule has 0 unspecified atom stereocenters. The molecule has 0 saturated carbocycles. The highest BCUT2D eigenvalue weighted by Gasteiger charge is 2.19. The Kier molecular flexibility index (Phi) is 4.77. The van der Waals surface area contributed by atoms with Gasteiger partial charge < -0.3 is 0 Å². The minimum atomic E-state index is 0.172. The summed E-state index contributed by atoms with van der Waals surface area (Å²) >= 11 is 0. The third-order valence-corrected chi connectivity index (χ3v) is 4.74. The van der Waals surface area contributed by atoms with Gasteiger partial charge in [-0.25, -0.2) is 9.67 Å². The second kappa shape index (κ2) is 6.67. The van der Waals surface area contributed by atoms with Crippen molar-refractivity contribution < 1.29 is 0 Å². The van der Waals surface area contributed by atoms with Crippen molar-refractivity contribution in [3.8, 4) is 11.4 Å². The highest BCUT2D eigenvalue weighted by Crippen LogP contribution is 2.27. The van der Waals surface area contributed by atoms with Crippen molar-refractivity contribution in [1.82, 2.24) is 19.7 Å². The number of likely N-dealkylation sites (tertiary alicyclic amines) is 1. The van der Waals surface area contributed by atoms with E-state index in [1.165, 1.54) is 31.5 Å². The van der Waals surface area contributed by atoms with Gasteiger partial charge in [-0.1, -0.05) is 45.0 Å². The molecule has 4 heteroatoms. The average molecular weight is 326 g/mol. The Hall–Kier alpha value is -1.68. The van der Waals surface area contributed by atoms with Crippen molar-refractivity contribution in [2.75, 3.05) is 13.1 Å². The first kappa shape index (κ1) is 17.2. The van der Waals surface area contributed by atoms with E-state index in [0.29, 0.717) is 6.04 Å². The van der Waals surface area contributed by atoms with Crippen LogP contribution in [0, 0.1) is 0 Å². The summed E-state index contributed by atoms with van der Waals surface area (Å²) in [5.41, 5.74) is 2.67. The summed E-state index contributed by atoms with van der Waals surface area (Å²) in [6.45, 7) is 14.3. The zero-order valence-electron chi connectivity index (χ0n) is 15.7. The van der Waals surface area contributed by atoms with Crippen LogP contribution in [0.3, 0.4) is 0 Å². The second-order valence-corrected chi connectivity index (χ2v) is 8.20. The van der Waals surface area contributed by atoms with E-state index in [4.69, 9.17) is 10.1 Å². The molecule has 130 valence electrons. The van der Waals surface area contributed by atoms with Gasteiger partial charge in [0, 0.05) is 11.6 Å². The largest absolute Gasteiger partial charge is 0.296 e. The van der Waals surface area contributed by atoms with Gasteiger partial charge in [-0.05, 0) is 50.8 Å². The first-order valence-corrected chi connectivity index (χ1v) is 9.13. The van der Waals surface area contributed by atoms with Gasteiger partial charge in [0.25, 0.3) is 0 Å². The maximum atomic E-state index is 4.87. The number of hydrogen-bond donors (Lipinski definition) is 0. The quantitative estimate of drug-likeness (QED) is 0.834. The Bertz CT molecular complexity index is 671. The van der Waals surface area contributed by atoms with Crippen LogP contribution in [0.5, 0.6) is 0 Å². The van der Waals surface area contributed by atoms with Crippen LogP contribution >= 0.6 is 0 Å². The molecule has 0 atom stereocenters. The minimum Gasteiger partial charge on any atom is -0.296 e. The Morgan fingerprint density at radius 2 is 1.67 bits per heavy atom. The van der Waals surface area contributed by atoms with Gasteiger partial charge >= 0.3 is 0 Å². The molecule has 24 heavy (non-hydrogen) atoms. The van der Waals surface area contributed by atoms with Crippen molar-refractivity contribution in [3.05, 3.63) is 35.7 Å². The monoisotopic (exact) mass is 326 g/mol. The topological polar surface area (TPSA) is 34.0 Å². The Morgan fingerprint density at radius 3 is 2.21 bits per heavy atom.